The molecule has 1 saturated heterocycles. The van der Waals surface area contributed by atoms with Gasteiger partial charge in [-0.05, 0) is 43.7 Å². The van der Waals surface area contributed by atoms with E-state index >= 15 is 0 Å². The monoisotopic (exact) mass is 427 g/mol. The van der Waals surface area contributed by atoms with Crippen LogP contribution in [0.25, 0.3) is 0 Å². The summed E-state index contributed by atoms with van der Waals surface area (Å²) in [6.45, 7) is 5.69. The van der Waals surface area contributed by atoms with E-state index in [9.17, 15) is 15.0 Å². The fourth-order valence-corrected chi connectivity index (χ4v) is 4.06. The molecule has 0 atom stereocenters. The van der Waals surface area contributed by atoms with Crippen LogP contribution in [0.2, 0.25) is 0 Å². The van der Waals surface area contributed by atoms with E-state index in [1.54, 1.807) is 12.1 Å². The highest BCUT2D eigenvalue weighted by Gasteiger charge is 2.19. The number of nitrogens with zero attached hydrogens (tertiary/aromatic N) is 3. The molecule has 0 unspecified atom stereocenters. The molecule has 7 nitrogen and oxygen atoms in total. The van der Waals surface area contributed by atoms with E-state index in [-0.39, 0.29) is 17.9 Å². The van der Waals surface area contributed by atoms with E-state index in [0.29, 0.717) is 6.42 Å². The highest BCUT2D eigenvalue weighted by Crippen LogP contribution is 2.29. The van der Waals surface area contributed by atoms with E-state index in [4.69, 9.17) is 5.11 Å². The summed E-state index contributed by atoms with van der Waals surface area (Å²) in [5.41, 5.74) is 1.64. The number of phenols is 2. The summed E-state index contributed by atoms with van der Waals surface area (Å²) in [6, 6.07) is 14.8. The molecule has 0 spiro atoms. The van der Waals surface area contributed by atoms with E-state index in [1.165, 1.54) is 0 Å². The van der Waals surface area contributed by atoms with Gasteiger partial charge < -0.3 is 25.1 Å². The van der Waals surface area contributed by atoms with Crippen molar-refractivity contribution in [3.63, 3.8) is 0 Å². The van der Waals surface area contributed by atoms with Crippen LogP contribution in [0.5, 0.6) is 11.5 Å². The summed E-state index contributed by atoms with van der Waals surface area (Å²) < 4.78 is 0. The van der Waals surface area contributed by atoms with Crippen molar-refractivity contribution in [1.29, 1.82) is 0 Å². The van der Waals surface area contributed by atoms with Crippen molar-refractivity contribution in [2.24, 2.45) is 0 Å². The van der Waals surface area contributed by atoms with Gasteiger partial charge in [-0.15, -0.1) is 0 Å². The second-order valence-corrected chi connectivity index (χ2v) is 8.00. The third-order valence-corrected chi connectivity index (χ3v) is 5.82. The summed E-state index contributed by atoms with van der Waals surface area (Å²) in [5, 5.41) is 29.6. The normalized spacial score (nSPS) is 15.9. The molecule has 0 aliphatic carbocycles. The largest absolute Gasteiger partial charge is 0.506 e. The number of anilines is 2. The highest BCUT2D eigenvalue weighted by molar-refractivity contribution is 5.66. The van der Waals surface area contributed by atoms with Crippen LogP contribution in [0.1, 0.15) is 25.7 Å². The second kappa shape index (κ2) is 11.5. The zero-order valence-corrected chi connectivity index (χ0v) is 18.0. The van der Waals surface area contributed by atoms with Crippen LogP contribution in [0.4, 0.5) is 11.4 Å². The minimum absolute atomic E-state index is 0.224. The molecule has 168 valence electrons. The number of rotatable bonds is 8. The first-order valence-corrected chi connectivity index (χ1v) is 11.0. The lowest BCUT2D eigenvalue weighted by Crippen LogP contribution is -2.36. The van der Waals surface area contributed by atoms with Crippen LogP contribution >= 0.6 is 0 Å². The van der Waals surface area contributed by atoms with Crippen LogP contribution in [-0.2, 0) is 4.79 Å². The minimum atomic E-state index is -0.737. The summed E-state index contributed by atoms with van der Waals surface area (Å²) in [6.07, 6.45) is 2.79. The maximum atomic E-state index is 10.7. The summed E-state index contributed by atoms with van der Waals surface area (Å²) >= 11 is 0. The quantitative estimate of drug-likeness (QED) is 0.557. The molecule has 0 saturated carbocycles. The number of aliphatic carboxylic acids is 1. The van der Waals surface area contributed by atoms with Crippen LogP contribution in [-0.4, -0.2) is 72.0 Å². The van der Waals surface area contributed by atoms with Gasteiger partial charge in [0.2, 0.25) is 0 Å². The molecular formula is C24H33N3O4. The lowest BCUT2D eigenvalue weighted by molar-refractivity contribution is -0.137. The average Bonchev–Trinajstić information content (AvgIpc) is 2.85. The molecule has 1 fully saturated rings. The number of carboxylic acid groups (broad SMARTS) is 1. The predicted molar refractivity (Wildman–Crippen MR) is 123 cm³/mol. The molecule has 1 aliphatic heterocycles. The molecule has 7 heteroatoms. The lowest BCUT2D eigenvalue weighted by atomic mass is 10.2. The van der Waals surface area contributed by atoms with Crippen molar-refractivity contribution in [2.75, 3.05) is 55.6 Å². The first-order valence-electron chi connectivity index (χ1n) is 11.0. The molecule has 2 aromatic carbocycles. The van der Waals surface area contributed by atoms with Gasteiger partial charge in [0, 0.05) is 45.7 Å². The molecule has 1 heterocycles. The Morgan fingerprint density at radius 3 is 1.68 bits per heavy atom. The molecule has 0 amide bonds. The average molecular weight is 428 g/mol. The Morgan fingerprint density at radius 2 is 1.19 bits per heavy atom. The Kier molecular flexibility index (Phi) is 8.41. The van der Waals surface area contributed by atoms with Crippen molar-refractivity contribution in [2.45, 2.75) is 25.7 Å². The fourth-order valence-electron chi connectivity index (χ4n) is 4.06. The number of carbonyl (C=O) groups is 1. The molecule has 0 radical (unpaired) electrons. The number of aromatic hydroxyl groups is 2. The number of phenolic OH excluding ortho intramolecular Hbond substituents is 2. The van der Waals surface area contributed by atoms with Crippen LogP contribution in [0.15, 0.2) is 48.5 Å². The van der Waals surface area contributed by atoms with Gasteiger partial charge in [-0.25, -0.2) is 0 Å². The summed E-state index contributed by atoms with van der Waals surface area (Å²) in [4.78, 5) is 17.5. The van der Waals surface area contributed by atoms with Gasteiger partial charge in [-0.3, -0.25) is 9.69 Å². The van der Waals surface area contributed by atoms with Gasteiger partial charge >= 0.3 is 5.97 Å². The van der Waals surface area contributed by atoms with E-state index in [0.717, 1.165) is 70.0 Å². The molecular weight excluding hydrogens is 394 g/mol. The molecule has 3 rings (SSSR count). The third kappa shape index (κ3) is 6.79. The lowest BCUT2D eigenvalue weighted by Gasteiger charge is -2.29. The van der Waals surface area contributed by atoms with Gasteiger partial charge in [-0.1, -0.05) is 30.7 Å². The van der Waals surface area contributed by atoms with Crippen molar-refractivity contribution in [3.05, 3.63) is 48.5 Å². The predicted octanol–water partition coefficient (Wildman–Crippen LogP) is 3.37. The number of para-hydroxylation sites is 4. The summed E-state index contributed by atoms with van der Waals surface area (Å²) in [7, 11) is 0. The van der Waals surface area contributed by atoms with Crippen molar-refractivity contribution >= 4 is 17.3 Å². The van der Waals surface area contributed by atoms with Crippen LogP contribution in [0, 0.1) is 0 Å². The van der Waals surface area contributed by atoms with Crippen molar-refractivity contribution in [3.8, 4) is 11.5 Å². The van der Waals surface area contributed by atoms with Gasteiger partial charge in [0.15, 0.2) is 0 Å². The summed E-state index contributed by atoms with van der Waals surface area (Å²) in [5.74, 6) is -0.188. The highest BCUT2D eigenvalue weighted by atomic mass is 16.4. The minimum Gasteiger partial charge on any atom is -0.506 e. The van der Waals surface area contributed by atoms with E-state index < -0.39 is 5.97 Å². The van der Waals surface area contributed by atoms with E-state index in [2.05, 4.69) is 14.7 Å². The standard InChI is InChI=1S/C24H33N3O4/c28-22-10-5-3-8-20(22)26-16-14-25(13-7-1-2-12-24(30)31)15-17-27(19-18-26)21-9-4-6-11-23(21)29/h3-6,8-11,28-29H,1-2,7,12-19H2,(H,30,31). The number of hydrogen-bond acceptors (Lipinski definition) is 6. The Balaban J connectivity index is 1.71. The third-order valence-electron chi connectivity index (χ3n) is 5.82. The second-order valence-electron chi connectivity index (χ2n) is 8.00. The van der Waals surface area contributed by atoms with Crippen molar-refractivity contribution in [1.82, 2.24) is 4.90 Å². The van der Waals surface area contributed by atoms with Gasteiger partial charge in [-0.2, -0.15) is 0 Å². The fraction of sp³-hybridized carbons (Fsp3) is 0.458. The number of carboxylic acids is 1. The zero-order valence-electron chi connectivity index (χ0n) is 18.0. The van der Waals surface area contributed by atoms with Crippen LogP contribution < -0.4 is 9.80 Å². The Labute approximate surface area is 184 Å². The first kappa shape index (κ1) is 22.7. The molecule has 0 aromatic heterocycles. The Morgan fingerprint density at radius 1 is 0.710 bits per heavy atom. The molecule has 31 heavy (non-hydrogen) atoms. The topological polar surface area (TPSA) is 87.5 Å². The number of unbranched alkanes of at least 4 members (excludes halogenated alkanes) is 2. The molecule has 0 bridgehead atoms. The number of benzene rings is 2. The Bertz CT molecular complexity index is 788. The van der Waals surface area contributed by atoms with Gasteiger partial charge in [0.1, 0.15) is 11.5 Å². The molecule has 1 aliphatic rings. The molecule has 3 N–H and O–H groups in total. The van der Waals surface area contributed by atoms with Gasteiger partial charge in [0.05, 0.1) is 11.4 Å². The maximum Gasteiger partial charge on any atom is 0.303 e. The zero-order chi connectivity index (χ0) is 22.1. The van der Waals surface area contributed by atoms with Crippen molar-refractivity contribution < 1.29 is 20.1 Å². The SMILES string of the molecule is O=C(O)CCCCCN1CCN(c2ccccc2O)CCN(c2ccccc2O)CC1. The van der Waals surface area contributed by atoms with Crippen LogP contribution in [0.3, 0.4) is 0 Å². The maximum absolute atomic E-state index is 10.7. The smallest absolute Gasteiger partial charge is 0.303 e. The Hall–Kier alpha value is -2.93. The number of hydrogen-bond donors (Lipinski definition) is 3. The first-order chi connectivity index (χ1) is 15.0. The van der Waals surface area contributed by atoms with Gasteiger partial charge in [0.25, 0.3) is 0 Å². The van der Waals surface area contributed by atoms with E-state index in [1.807, 2.05) is 36.4 Å². The molecule has 2 aromatic rings.